The molecule has 1 heterocycles. The standard InChI is InChI=1S/C17H22N4O/c1-4-5-9-18-15-10-14(19-11-20-15)17(22)21-16-12(2)7-6-8-13(16)3/h6-8,10-11H,4-5,9H2,1-3H3,(H,21,22)(H,18,19,20). The molecular formula is C17H22N4O. The highest BCUT2D eigenvalue weighted by Crippen LogP contribution is 2.20. The van der Waals surface area contributed by atoms with Crippen molar-refractivity contribution in [3.63, 3.8) is 0 Å². The molecule has 0 aliphatic carbocycles. The van der Waals surface area contributed by atoms with Crippen LogP contribution in [-0.4, -0.2) is 22.4 Å². The van der Waals surface area contributed by atoms with Crippen LogP contribution in [0, 0.1) is 13.8 Å². The summed E-state index contributed by atoms with van der Waals surface area (Å²) < 4.78 is 0. The highest BCUT2D eigenvalue weighted by Gasteiger charge is 2.11. The number of para-hydroxylation sites is 1. The minimum atomic E-state index is -0.224. The van der Waals surface area contributed by atoms with E-state index in [2.05, 4.69) is 27.5 Å². The third kappa shape index (κ3) is 4.04. The van der Waals surface area contributed by atoms with Gasteiger partial charge in [-0.1, -0.05) is 31.5 Å². The number of carbonyl (C=O) groups is 1. The number of rotatable bonds is 6. The third-order valence-electron chi connectivity index (χ3n) is 3.46. The van der Waals surface area contributed by atoms with Gasteiger partial charge in [-0.05, 0) is 31.4 Å². The molecule has 1 amide bonds. The Morgan fingerprint density at radius 2 is 1.91 bits per heavy atom. The highest BCUT2D eigenvalue weighted by molar-refractivity contribution is 6.04. The molecule has 0 aliphatic heterocycles. The molecule has 0 spiro atoms. The van der Waals surface area contributed by atoms with Crippen molar-refractivity contribution >= 4 is 17.4 Å². The maximum Gasteiger partial charge on any atom is 0.274 e. The Kier molecular flexibility index (Phi) is 5.47. The van der Waals surface area contributed by atoms with Gasteiger partial charge in [0.1, 0.15) is 17.8 Å². The van der Waals surface area contributed by atoms with E-state index in [9.17, 15) is 4.79 Å². The van der Waals surface area contributed by atoms with E-state index in [1.807, 2.05) is 32.0 Å². The van der Waals surface area contributed by atoms with Gasteiger partial charge < -0.3 is 10.6 Å². The first-order valence-electron chi connectivity index (χ1n) is 7.55. The summed E-state index contributed by atoms with van der Waals surface area (Å²) in [6, 6.07) is 7.60. The Hall–Kier alpha value is -2.43. The van der Waals surface area contributed by atoms with Gasteiger partial charge in [-0.15, -0.1) is 0 Å². The van der Waals surface area contributed by atoms with Crippen LogP contribution in [-0.2, 0) is 0 Å². The van der Waals surface area contributed by atoms with Crippen molar-refractivity contribution in [1.82, 2.24) is 9.97 Å². The first kappa shape index (κ1) is 15.9. The summed E-state index contributed by atoms with van der Waals surface area (Å²) >= 11 is 0. The lowest BCUT2D eigenvalue weighted by Gasteiger charge is -2.11. The van der Waals surface area contributed by atoms with Crippen LogP contribution < -0.4 is 10.6 Å². The van der Waals surface area contributed by atoms with Crippen molar-refractivity contribution in [3.05, 3.63) is 47.4 Å². The zero-order valence-electron chi connectivity index (χ0n) is 13.3. The second kappa shape index (κ2) is 7.54. The molecule has 22 heavy (non-hydrogen) atoms. The molecule has 0 fully saturated rings. The molecule has 2 N–H and O–H groups in total. The summed E-state index contributed by atoms with van der Waals surface area (Å²) in [6.45, 7) is 6.91. The Bertz CT molecular complexity index is 635. The maximum atomic E-state index is 12.4. The molecule has 0 aliphatic rings. The average Bonchev–Trinajstić information content (AvgIpc) is 2.51. The van der Waals surface area contributed by atoms with Crippen molar-refractivity contribution in [3.8, 4) is 0 Å². The molecule has 116 valence electrons. The van der Waals surface area contributed by atoms with Crippen molar-refractivity contribution in [2.75, 3.05) is 17.2 Å². The van der Waals surface area contributed by atoms with Crippen LogP contribution in [0.1, 0.15) is 41.4 Å². The number of nitrogens with one attached hydrogen (secondary N) is 2. The summed E-state index contributed by atoms with van der Waals surface area (Å²) in [7, 11) is 0. The Balaban J connectivity index is 2.11. The first-order chi connectivity index (χ1) is 10.6. The molecule has 0 saturated heterocycles. The number of benzene rings is 1. The summed E-state index contributed by atoms with van der Waals surface area (Å²) in [5.41, 5.74) is 3.26. The van der Waals surface area contributed by atoms with Crippen LogP contribution in [0.15, 0.2) is 30.6 Å². The molecule has 0 saturated carbocycles. The summed E-state index contributed by atoms with van der Waals surface area (Å²) in [4.78, 5) is 20.6. The first-order valence-corrected chi connectivity index (χ1v) is 7.55. The minimum Gasteiger partial charge on any atom is -0.370 e. The predicted molar refractivity (Wildman–Crippen MR) is 89.3 cm³/mol. The molecule has 2 rings (SSSR count). The van der Waals surface area contributed by atoms with Gasteiger partial charge in [0.2, 0.25) is 0 Å². The quantitative estimate of drug-likeness (QED) is 0.800. The fourth-order valence-corrected chi connectivity index (χ4v) is 2.16. The lowest BCUT2D eigenvalue weighted by atomic mass is 10.1. The average molecular weight is 298 g/mol. The Morgan fingerprint density at radius 3 is 2.59 bits per heavy atom. The van der Waals surface area contributed by atoms with Gasteiger partial charge >= 0.3 is 0 Å². The van der Waals surface area contributed by atoms with Crippen LogP contribution in [0.5, 0.6) is 0 Å². The van der Waals surface area contributed by atoms with Crippen molar-refractivity contribution < 1.29 is 4.79 Å². The predicted octanol–water partition coefficient (Wildman–Crippen LogP) is 3.56. The topological polar surface area (TPSA) is 66.9 Å². The van der Waals surface area contributed by atoms with E-state index in [1.165, 1.54) is 6.33 Å². The molecule has 1 aromatic heterocycles. The second-order valence-corrected chi connectivity index (χ2v) is 5.29. The van der Waals surface area contributed by atoms with Gasteiger partial charge in [0.15, 0.2) is 0 Å². The van der Waals surface area contributed by atoms with Gasteiger partial charge in [0.25, 0.3) is 5.91 Å². The smallest absolute Gasteiger partial charge is 0.274 e. The number of nitrogens with zero attached hydrogens (tertiary/aromatic N) is 2. The third-order valence-corrected chi connectivity index (χ3v) is 3.46. The van der Waals surface area contributed by atoms with Crippen LogP contribution >= 0.6 is 0 Å². The zero-order valence-corrected chi connectivity index (χ0v) is 13.3. The fourth-order valence-electron chi connectivity index (χ4n) is 2.16. The minimum absolute atomic E-state index is 0.224. The monoisotopic (exact) mass is 298 g/mol. The van der Waals surface area contributed by atoms with Crippen molar-refractivity contribution in [2.24, 2.45) is 0 Å². The van der Waals surface area contributed by atoms with Crippen molar-refractivity contribution in [1.29, 1.82) is 0 Å². The number of unbranched alkanes of at least 4 members (excludes halogenated alkanes) is 1. The molecular weight excluding hydrogens is 276 g/mol. The van der Waals surface area contributed by atoms with Gasteiger partial charge in [0.05, 0.1) is 0 Å². The van der Waals surface area contributed by atoms with E-state index in [0.717, 1.165) is 36.2 Å². The molecule has 0 bridgehead atoms. The van der Waals surface area contributed by atoms with E-state index < -0.39 is 0 Å². The van der Waals surface area contributed by atoms with Crippen LogP contribution in [0.4, 0.5) is 11.5 Å². The van der Waals surface area contributed by atoms with E-state index in [1.54, 1.807) is 6.07 Å². The lowest BCUT2D eigenvalue weighted by molar-refractivity contribution is 0.102. The molecule has 5 nitrogen and oxygen atoms in total. The van der Waals surface area contributed by atoms with Gasteiger partial charge in [0, 0.05) is 18.3 Å². The maximum absolute atomic E-state index is 12.4. The largest absolute Gasteiger partial charge is 0.370 e. The SMILES string of the molecule is CCCCNc1cc(C(=O)Nc2c(C)cccc2C)ncn1. The lowest BCUT2D eigenvalue weighted by Crippen LogP contribution is -2.16. The molecule has 2 aromatic rings. The van der Waals surface area contributed by atoms with E-state index in [4.69, 9.17) is 0 Å². The highest BCUT2D eigenvalue weighted by atomic mass is 16.1. The van der Waals surface area contributed by atoms with E-state index in [-0.39, 0.29) is 5.91 Å². The van der Waals surface area contributed by atoms with E-state index >= 15 is 0 Å². The van der Waals surface area contributed by atoms with E-state index in [0.29, 0.717) is 11.5 Å². The number of hydrogen-bond acceptors (Lipinski definition) is 4. The molecule has 0 radical (unpaired) electrons. The molecule has 0 unspecified atom stereocenters. The normalized spacial score (nSPS) is 10.3. The summed E-state index contributed by atoms with van der Waals surface area (Å²) in [5, 5.41) is 6.13. The van der Waals surface area contributed by atoms with Gasteiger partial charge in [-0.25, -0.2) is 9.97 Å². The fraction of sp³-hybridized carbons (Fsp3) is 0.353. The molecule has 1 aromatic carbocycles. The van der Waals surface area contributed by atoms with Gasteiger partial charge in [-0.3, -0.25) is 4.79 Å². The summed E-state index contributed by atoms with van der Waals surface area (Å²) in [6.07, 6.45) is 3.58. The van der Waals surface area contributed by atoms with Crippen LogP contribution in [0.25, 0.3) is 0 Å². The number of aryl methyl sites for hydroxylation is 2. The van der Waals surface area contributed by atoms with Crippen LogP contribution in [0.3, 0.4) is 0 Å². The van der Waals surface area contributed by atoms with Gasteiger partial charge in [-0.2, -0.15) is 0 Å². The number of aromatic nitrogens is 2. The number of hydrogen-bond donors (Lipinski definition) is 2. The molecule has 5 heteroatoms. The van der Waals surface area contributed by atoms with Crippen molar-refractivity contribution in [2.45, 2.75) is 33.6 Å². The number of carbonyl (C=O) groups excluding carboxylic acids is 1. The zero-order chi connectivity index (χ0) is 15.9. The Morgan fingerprint density at radius 1 is 1.18 bits per heavy atom. The molecule has 0 atom stereocenters. The van der Waals surface area contributed by atoms with Crippen LogP contribution in [0.2, 0.25) is 0 Å². The Labute approximate surface area is 131 Å². The number of anilines is 2. The second-order valence-electron chi connectivity index (χ2n) is 5.29. The summed E-state index contributed by atoms with van der Waals surface area (Å²) in [5.74, 6) is 0.452. The number of amides is 1.